The van der Waals surface area contributed by atoms with E-state index in [4.69, 9.17) is 14.2 Å². The summed E-state index contributed by atoms with van der Waals surface area (Å²) < 4.78 is 16.8. The summed E-state index contributed by atoms with van der Waals surface area (Å²) in [7, 11) is 0. The highest BCUT2D eigenvalue weighted by atomic mass is 16.6. The molecule has 67 heavy (non-hydrogen) atoms. The van der Waals surface area contributed by atoms with Crippen LogP contribution in [-0.2, 0) is 28.6 Å². The number of ether oxygens (including phenoxy) is 3. The Labute approximate surface area is 412 Å². The minimum atomic E-state index is -0.805. The first-order valence-electron chi connectivity index (χ1n) is 27.5. The number of hydrogen-bond acceptors (Lipinski definition) is 6. The van der Waals surface area contributed by atoms with E-state index < -0.39 is 6.10 Å². The Bertz CT molecular complexity index is 1390. The van der Waals surface area contributed by atoms with Crippen molar-refractivity contribution in [1.82, 2.24) is 0 Å². The SMILES string of the molecule is CC\C=C/C=C\C=C/C=C\C=C\C=C/CCCCCC(=O)OCC(COC(=O)CCCCCCCCC/C=C\CCCCCC)OC(=O)CCCCCCCCC/C=C\C/C=C\CCCCC. The Morgan fingerprint density at radius 2 is 0.642 bits per heavy atom. The van der Waals surface area contributed by atoms with Crippen molar-refractivity contribution >= 4 is 17.9 Å². The first-order valence-corrected chi connectivity index (χ1v) is 27.5. The summed E-state index contributed by atoms with van der Waals surface area (Å²) in [6, 6.07) is 0. The van der Waals surface area contributed by atoms with Gasteiger partial charge in [-0.1, -0.05) is 233 Å². The van der Waals surface area contributed by atoms with E-state index in [1.165, 1.54) is 116 Å². The molecule has 0 saturated carbocycles. The molecule has 1 atom stereocenters. The normalized spacial score (nSPS) is 12.9. The van der Waals surface area contributed by atoms with Crippen molar-refractivity contribution < 1.29 is 28.6 Å². The van der Waals surface area contributed by atoms with Gasteiger partial charge in [-0.25, -0.2) is 0 Å². The van der Waals surface area contributed by atoms with Gasteiger partial charge in [0.15, 0.2) is 6.10 Å². The Balaban J connectivity index is 4.51. The van der Waals surface area contributed by atoms with Gasteiger partial charge in [0.05, 0.1) is 0 Å². The first-order chi connectivity index (χ1) is 33.0. The fraction of sp³-hybridized carbons (Fsp3) is 0.656. The smallest absolute Gasteiger partial charge is 0.306 e. The molecule has 0 fully saturated rings. The van der Waals surface area contributed by atoms with Crippen molar-refractivity contribution in [2.75, 3.05) is 13.2 Å². The lowest BCUT2D eigenvalue weighted by Gasteiger charge is -2.18. The van der Waals surface area contributed by atoms with Crippen molar-refractivity contribution in [3.05, 3.63) is 109 Å². The standard InChI is InChI=1S/C61H100O6/c1-4-7-10-13-16-19-22-25-28-30-33-36-39-42-45-48-51-54-60(63)66-57-58(56-65-59(62)53-50-47-44-41-38-35-32-27-24-21-18-15-12-9-6-3)67-61(64)55-52-49-46-43-40-37-34-31-29-26-23-20-17-14-11-8-5-2/h7,10,13,16-17,19-22,24-26,28-30,33,36,39,58H,4-6,8-9,11-12,14-15,18,23,27,31-32,34-35,37-38,40-57H2,1-3H3/b10-7-,16-13-,20-17-,22-19-,24-21-,28-25-,29-26-,33-30+,39-36-. The third-order valence-electron chi connectivity index (χ3n) is 11.4. The van der Waals surface area contributed by atoms with Gasteiger partial charge in [-0.05, 0) is 96.3 Å². The molecule has 1 unspecified atom stereocenters. The molecule has 0 amide bonds. The van der Waals surface area contributed by atoms with Gasteiger partial charge in [-0.3, -0.25) is 14.4 Å². The highest BCUT2D eigenvalue weighted by Crippen LogP contribution is 2.14. The molecule has 0 saturated heterocycles. The summed E-state index contributed by atoms with van der Waals surface area (Å²) in [4.78, 5) is 38.1. The summed E-state index contributed by atoms with van der Waals surface area (Å²) in [5.41, 5.74) is 0. The van der Waals surface area contributed by atoms with Crippen LogP contribution in [-0.4, -0.2) is 37.2 Å². The summed E-state index contributed by atoms with van der Waals surface area (Å²) in [6.07, 6.45) is 73.5. The second-order valence-corrected chi connectivity index (χ2v) is 17.9. The molecule has 0 aromatic heterocycles. The van der Waals surface area contributed by atoms with E-state index in [1.54, 1.807) is 0 Å². The zero-order valence-electron chi connectivity index (χ0n) is 43.4. The molecule has 6 heteroatoms. The zero-order chi connectivity index (χ0) is 48.6. The molecule has 0 N–H and O–H groups in total. The van der Waals surface area contributed by atoms with Gasteiger partial charge in [0, 0.05) is 19.3 Å². The zero-order valence-corrected chi connectivity index (χ0v) is 43.4. The number of allylic oxidation sites excluding steroid dienone is 18. The molecule has 0 radical (unpaired) electrons. The van der Waals surface area contributed by atoms with Crippen LogP contribution in [0.3, 0.4) is 0 Å². The number of hydrogen-bond donors (Lipinski definition) is 0. The Morgan fingerprint density at radius 3 is 1.09 bits per heavy atom. The summed E-state index contributed by atoms with van der Waals surface area (Å²) in [6.45, 7) is 6.41. The van der Waals surface area contributed by atoms with Crippen molar-refractivity contribution in [1.29, 1.82) is 0 Å². The van der Waals surface area contributed by atoms with Gasteiger partial charge >= 0.3 is 17.9 Å². The quantitative estimate of drug-likeness (QED) is 0.0199. The highest BCUT2D eigenvalue weighted by Gasteiger charge is 2.19. The lowest BCUT2D eigenvalue weighted by Crippen LogP contribution is -2.30. The summed E-state index contributed by atoms with van der Waals surface area (Å²) >= 11 is 0. The van der Waals surface area contributed by atoms with Gasteiger partial charge in [-0.2, -0.15) is 0 Å². The van der Waals surface area contributed by atoms with E-state index in [-0.39, 0.29) is 31.1 Å². The minimum Gasteiger partial charge on any atom is -0.462 e. The van der Waals surface area contributed by atoms with Gasteiger partial charge in [-0.15, -0.1) is 0 Å². The largest absolute Gasteiger partial charge is 0.462 e. The van der Waals surface area contributed by atoms with Crippen LogP contribution in [0.5, 0.6) is 0 Å². The van der Waals surface area contributed by atoms with Crippen molar-refractivity contribution in [3.63, 3.8) is 0 Å². The van der Waals surface area contributed by atoms with Crippen LogP contribution in [0.1, 0.15) is 239 Å². The molecule has 0 aromatic rings. The van der Waals surface area contributed by atoms with Crippen LogP contribution < -0.4 is 0 Å². The number of esters is 3. The molecule has 380 valence electrons. The van der Waals surface area contributed by atoms with Crippen molar-refractivity contribution in [2.45, 2.75) is 245 Å². The summed E-state index contributed by atoms with van der Waals surface area (Å²) in [5.74, 6) is -0.958. The number of carbonyl (C=O) groups excluding carboxylic acids is 3. The van der Waals surface area contributed by atoms with E-state index >= 15 is 0 Å². The fourth-order valence-corrected chi connectivity index (χ4v) is 7.26. The molecular formula is C61H100O6. The highest BCUT2D eigenvalue weighted by molar-refractivity contribution is 5.71. The molecule has 0 heterocycles. The number of carbonyl (C=O) groups is 3. The van der Waals surface area contributed by atoms with Crippen molar-refractivity contribution in [3.8, 4) is 0 Å². The van der Waals surface area contributed by atoms with Crippen LogP contribution in [0.2, 0.25) is 0 Å². The van der Waals surface area contributed by atoms with E-state index in [9.17, 15) is 14.4 Å². The molecule has 0 aliphatic carbocycles. The van der Waals surface area contributed by atoms with E-state index in [2.05, 4.69) is 69.4 Å². The van der Waals surface area contributed by atoms with Crippen LogP contribution in [0.25, 0.3) is 0 Å². The Hall–Kier alpha value is -3.93. The maximum absolute atomic E-state index is 12.8. The molecule has 6 nitrogen and oxygen atoms in total. The predicted molar refractivity (Wildman–Crippen MR) is 288 cm³/mol. The van der Waals surface area contributed by atoms with E-state index in [0.29, 0.717) is 19.3 Å². The Morgan fingerprint density at radius 1 is 0.328 bits per heavy atom. The monoisotopic (exact) mass is 929 g/mol. The van der Waals surface area contributed by atoms with E-state index in [0.717, 1.165) is 83.5 Å². The molecule has 0 spiro atoms. The predicted octanol–water partition coefficient (Wildman–Crippen LogP) is 18.3. The van der Waals surface area contributed by atoms with Gasteiger partial charge in [0.2, 0.25) is 0 Å². The molecule has 0 aromatic carbocycles. The van der Waals surface area contributed by atoms with Crippen LogP contribution >= 0.6 is 0 Å². The number of unbranched alkanes of at least 4 members (excludes halogenated alkanes) is 24. The molecule has 0 rings (SSSR count). The fourth-order valence-electron chi connectivity index (χ4n) is 7.26. The second kappa shape index (κ2) is 54.7. The lowest BCUT2D eigenvalue weighted by molar-refractivity contribution is -0.167. The number of rotatable bonds is 48. The van der Waals surface area contributed by atoms with Crippen molar-refractivity contribution in [2.24, 2.45) is 0 Å². The molecular weight excluding hydrogens is 829 g/mol. The first kappa shape index (κ1) is 63.1. The van der Waals surface area contributed by atoms with Crippen LogP contribution in [0.4, 0.5) is 0 Å². The van der Waals surface area contributed by atoms with Gasteiger partial charge in [0.25, 0.3) is 0 Å². The van der Waals surface area contributed by atoms with Crippen LogP contribution in [0, 0.1) is 0 Å². The third kappa shape index (κ3) is 52.9. The molecule has 0 aliphatic rings. The third-order valence-corrected chi connectivity index (χ3v) is 11.4. The van der Waals surface area contributed by atoms with Crippen LogP contribution in [0.15, 0.2) is 109 Å². The maximum Gasteiger partial charge on any atom is 0.306 e. The average molecular weight is 929 g/mol. The Kier molecular flexibility index (Phi) is 51.5. The van der Waals surface area contributed by atoms with E-state index in [1.807, 2.05) is 60.8 Å². The van der Waals surface area contributed by atoms with Gasteiger partial charge in [0.1, 0.15) is 13.2 Å². The van der Waals surface area contributed by atoms with Gasteiger partial charge < -0.3 is 14.2 Å². The second-order valence-electron chi connectivity index (χ2n) is 17.9. The minimum absolute atomic E-state index is 0.0997. The summed E-state index contributed by atoms with van der Waals surface area (Å²) in [5, 5.41) is 0. The maximum atomic E-state index is 12.8. The topological polar surface area (TPSA) is 78.9 Å². The molecule has 0 bridgehead atoms. The lowest BCUT2D eigenvalue weighted by atomic mass is 10.1. The molecule has 0 aliphatic heterocycles. The average Bonchev–Trinajstić information content (AvgIpc) is 3.33.